The number of nitrogens with one attached hydrogen (secondary N) is 1. The molecule has 0 saturated heterocycles. The molecule has 0 aliphatic rings. The predicted octanol–water partition coefficient (Wildman–Crippen LogP) is 2.72. The van der Waals surface area contributed by atoms with E-state index >= 15 is 0 Å². The Hall–Kier alpha value is -0.950. The van der Waals surface area contributed by atoms with Crippen LogP contribution in [0.15, 0.2) is 35.8 Å². The van der Waals surface area contributed by atoms with Gasteiger partial charge in [-0.05, 0) is 40.8 Å². The SMILES string of the molecule is O=C(NCCc1nccs1)c1cccc(I)c1. The van der Waals surface area contributed by atoms with E-state index in [1.807, 2.05) is 29.6 Å². The lowest BCUT2D eigenvalue weighted by Crippen LogP contribution is -2.25. The van der Waals surface area contributed by atoms with Crippen molar-refractivity contribution in [1.29, 1.82) is 0 Å². The van der Waals surface area contributed by atoms with Gasteiger partial charge >= 0.3 is 0 Å². The van der Waals surface area contributed by atoms with Crippen molar-refractivity contribution in [2.75, 3.05) is 6.54 Å². The Morgan fingerprint density at radius 1 is 1.47 bits per heavy atom. The fourth-order valence-electron chi connectivity index (χ4n) is 1.39. The average molecular weight is 358 g/mol. The van der Waals surface area contributed by atoms with Crippen LogP contribution in [0.5, 0.6) is 0 Å². The van der Waals surface area contributed by atoms with Gasteiger partial charge in [0, 0.05) is 33.7 Å². The summed E-state index contributed by atoms with van der Waals surface area (Å²) in [5.41, 5.74) is 0.705. The highest BCUT2D eigenvalue weighted by atomic mass is 127. The van der Waals surface area contributed by atoms with Gasteiger partial charge in [-0.3, -0.25) is 4.79 Å². The smallest absolute Gasteiger partial charge is 0.251 e. The minimum atomic E-state index is -0.0277. The summed E-state index contributed by atoms with van der Waals surface area (Å²) >= 11 is 3.81. The third-order valence-corrected chi connectivity index (χ3v) is 3.71. The van der Waals surface area contributed by atoms with Gasteiger partial charge in [0.15, 0.2) is 0 Å². The molecule has 0 aliphatic heterocycles. The highest BCUT2D eigenvalue weighted by Gasteiger charge is 2.05. The number of halogens is 1. The third kappa shape index (κ3) is 3.78. The molecule has 5 heteroatoms. The van der Waals surface area contributed by atoms with Crippen LogP contribution < -0.4 is 5.32 Å². The number of benzene rings is 1. The number of hydrogen-bond acceptors (Lipinski definition) is 3. The van der Waals surface area contributed by atoms with Crippen LogP contribution in [0.25, 0.3) is 0 Å². The Kier molecular flexibility index (Phi) is 4.49. The minimum Gasteiger partial charge on any atom is -0.352 e. The summed E-state index contributed by atoms with van der Waals surface area (Å²) in [5.74, 6) is -0.0277. The van der Waals surface area contributed by atoms with Gasteiger partial charge in [-0.2, -0.15) is 0 Å². The van der Waals surface area contributed by atoms with Crippen molar-refractivity contribution in [2.24, 2.45) is 0 Å². The number of rotatable bonds is 4. The molecule has 0 bridgehead atoms. The van der Waals surface area contributed by atoms with E-state index in [1.165, 1.54) is 0 Å². The Morgan fingerprint density at radius 3 is 3.06 bits per heavy atom. The zero-order chi connectivity index (χ0) is 12.1. The summed E-state index contributed by atoms with van der Waals surface area (Å²) < 4.78 is 1.06. The number of aromatic nitrogens is 1. The van der Waals surface area contributed by atoms with E-state index in [2.05, 4.69) is 32.9 Å². The lowest BCUT2D eigenvalue weighted by Gasteiger charge is -2.04. The maximum absolute atomic E-state index is 11.8. The summed E-state index contributed by atoms with van der Waals surface area (Å²) in [6.45, 7) is 0.623. The number of amides is 1. The van der Waals surface area contributed by atoms with Crippen molar-refractivity contribution >= 4 is 39.8 Å². The monoisotopic (exact) mass is 358 g/mol. The van der Waals surface area contributed by atoms with E-state index < -0.39 is 0 Å². The lowest BCUT2D eigenvalue weighted by molar-refractivity contribution is 0.0954. The summed E-state index contributed by atoms with van der Waals surface area (Å²) in [5, 5.41) is 5.88. The first-order valence-corrected chi connectivity index (χ1v) is 7.13. The van der Waals surface area contributed by atoms with Gasteiger partial charge in [-0.1, -0.05) is 6.07 Å². The van der Waals surface area contributed by atoms with Crippen molar-refractivity contribution in [3.8, 4) is 0 Å². The van der Waals surface area contributed by atoms with Crippen molar-refractivity contribution in [3.63, 3.8) is 0 Å². The van der Waals surface area contributed by atoms with E-state index in [-0.39, 0.29) is 5.91 Å². The molecule has 1 amide bonds. The van der Waals surface area contributed by atoms with Crippen molar-refractivity contribution in [1.82, 2.24) is 10.3 Å². The molecule has 0 unspecified atom stereocenters. The summed E-state index contributed by atoms with van der Waals surface area (Å²) in [7, 11) is 0. The third-order valence-electron chi connectivity index (χ3n) is 2.19. The molecule has 2 aromatic rings. The van der Waals surface area contributed by atoms with Gasteiger partial charge in [-0.25, -0.2) is 4.98 Å². The maximum Gasteiger partial charge on any atom is 0.251 e. The fourth-order valence-corrected chi connectivity index (χ4v) is 2.55. The second-order valence-corrected chi connectivity index (χ2v) is 5.67. The van der Waals surface area contributed by atoms with Gasteiger partial charge in [-0.15, -0.1) is 11.3 Å². The predicted molar refractivity (Wildman–Crippen MR) is 77.3 cm³/mol. The molecule has 1 aromatic heterocycles. The van der Waals surface area contributed by atoms with E-state index in [0.717, 1.165) is 15.0 Å². The molecule has 0 radical (unpaired) electrons. The topological polar surface area (TPSA) is 42.0 Å². The lowest BCUT2D eigenvalue weighted by atomic mass is 10.2. The fraction of sp³-hybridized carbons (Fsp3) is 0.167. The molecule has 0 aliphatic carbocycles. The Bertz CT molecular complexity index is 499. The second-order valence-electron chi connectivity index (χ2n) is 3.44. The molecule has 1 heterocycles. The summed E-state index contributed by atoms with van der Waals surface area (Å²) in [6.07, 6.45) is 2.56. The quantitative estimate of drug-likeness (QED) is 0.854. The van der Waals surface area contributed by atoms with Crippen LogP contribution in [0.4, 0.5) is 0 Å². The van der Waals surface area contributed by atoms with Gasteiger partial charge in [0.2, 0.25) is 0 Å². The number of carbonyl (C=O) groups excluding carboxylic acids is 1. The van der Waals surface area contributed by atoms with Crippen LogP contribution in [-0.4, -0.2) is 17.4 Å². The molecule has 0 atom stereocenters. The molecule has 3 nitrogen and oxygen atoms in total. The van der Waals surface area contributed by atoms with Crippen molar-refractivity contribution in [3.05, 3.63) is 50.0 Å². The second kappa shape index (κ2) is 6.11. The summed E-state index contributed by atoms with van der Waals surface area (Å²) in [4.78, 5) is 16.0. The molecule has 0 spiro atoms. The molecule has 1 N–H and O–H groups in total. The number of carbonyl (C=O) groups is 1. The van der Waals surface area contributed by atoms with Crippen LogP contribution in [0.2, 0.25) is 0 Å². The van der Waals surface area contributed by atoms with Crippen molar-refractivity contribution in [2.45, 2.75) is 6.42 Å². The molecule has 17 heavy (non-hydrogen) atoms. The zero-order valence-electron chi connectivity index (χ0n) is 9.02. The molecular weight excluding hydrogens is 347 g/mol. The van der Waals surface area contributed by atoms with Crippen LogP contribution in [0.1, 0.15) is 15.4 Å². The molecule has 2 rings (SSSR count). The van der Waals surface area contributed by atoms with E-state index in [4.69, 9.17) is 0 Å². The van der Waals surface area contributed by atoms with Crippen LogP contribution >= 0.6 is 33.9 Å². The highest BCUT2D eigenvalue weighted by Crippen LogP contribution is 2.08. The summed E-state index contributed by atoms with van der Waals surface area (Å²) in [6, 6.07) is 7.55. The Morgan fingerprint density at radius 2 is 2.35 bits per heavy atom. The number of nitrogens with zero attached hydrogens (tertiary/aromatic N) is 1. The van der Waals surface area contributed by atoms with Crippen LogP contribution in [-0.2, 0) is 6.42 Å². The molecule has 0 saturated carbocycles. The first-order valence-electron chi connectivity index (χ1n) is 5.18. The maximum atomic E-state index is 11.8. The van der Waals surface area contributed by atoms with Gasteiger partial charge in [0.25, 0.3) is 5.91 Å². The van der Waals surface area contributed by atoms with Gasteiger partial charge in [0.05, 0.1) is 5.01 Å². The zero-order valence-corrected chi connectivity index (χ0v) is 12.0. The molecule has 1 aromatic carbocycles. The first kappa shape index (κ1) is 12.5. The molecule has 0 fully saturated rings. The van der Waals surface area contributed by atoms with E-state index in [0.29, 0.717) is 12.1 Å². The van der Waals surface area contributed by atoms with Crippen molar-refractivity contribution < 1.29 is 4.79 Å². The normalized spacial score (nSPS) is 10.2. The van der Waals surface area contributed by atoms with Gasteiger partial charge < -0.3 is 5.32 Å². The molecular formula is C12H11IN2OS. The Balaban J connectivity index is 1.85. The van der Waals surface area contributed by atoms with Crippen LogP contribution in [0.3, 0.4) is 0 Å². The first-order chi connectivity index (χ1) is 8.25. The average Bonchev–Trinajstić information content (AvgIpc) is 2.82. The number of thiazole rings is 1. The van der Waals surface area contributed by atoms with Gasteiger partial charge in [0.1, 0.15) is 0 Å². The highest BCUT2D eigenvalue weighted by molar-refractivity contribution is 14.1. The number of hydrogen-bond donors (Lipinski definition) is 1. The Labute approximate surface area is 117 Å². The van der Waals surface area contributed by atoms with E-state index in [9.17, 15) is 4.79 Å². The standard InChI is InChI=1S/C12H11IN2OS/c13-10-3-1-2-9(8-10)12(16)15-5-4-11-14-6-7-17-11/h1-3,6-8H,4-5H2,(H,15,16). The van der Waals surface area contributed by atoms with Crippen LogP contribution in [0, 0.1) is 3.57 Å². The van der Waals surface area contributed by atoms with E-state index in [1.54, 1.807) is 17.5 Å². The minimum absolute atomic E-state index is 0.0277. The largest absolute Gasteiger partial charge is 0.352 e. The molecule has 88 valence electrons.